The molecule has 2 saturated heterocycles. The summed E-state index contributed by atoms with van der Waals surface area (Å²) in [7, 11) is 0. The molecule has 4 heterocycles. The molecule has 4 rings (SSSR count). The molecule has 2 aromatic rings. The molecule has 2 N–H and O–H groups in total. The molecule has 2 fully saturated rings. The maximum absolute atomic E-state index is 13.3. The lowest BCUT2D eigenvalue weighted by Crippen LogP contribution is -2.43. The minimum Gasteiger partial charge on any atom is -0.384 e. The van der Waals surface area contributed by atoms with Gasteiger partial charge in [0.25, 0.3) is 5.91 Å². The van der Waals surface area contributed by atoms with Crippen molar-refractivity contribution in [1.29, 1.82) is 0 Å². The topological polar surface area (TPSA) is 84.6 Å². The van der Waals surface area contributed by atoms with Crippen molar-refractivity contribution >= 4 is 11.7 Å². The molecule has 0 saturated carbocycles. The van der Waals surface area contributed by atoms with Crippen LogP contribution in [-0.2, 0) is 11.3 Å². The van der Waals surface area contributed by atoms with Crippen LogP contribution in [0.3, 0.4) is 0 Å². The molecule has 0 aromatic carbocycles. The Bertz CT molecular complexity index is 865. The average molecular weight is 444 g/mol. The smallest absolute Gasteiger partial charge is 0.254 e. The van der Waals surface area contributed by atoms with E-state index in [2.05, 4.69) is 14.9 Å². The summed E-state index contributed by atoms with van der Waals surface area (Å²) in [5, 5.41) is 0. The molecule has 0 spiro atoms. The summed E-state index contributed by atoms with van der Waals surface area (Å²) >= 11 is 0. The molecule has 2 aromatic heterocycles. The Balaban J connectivity index is 0.00000141. The van der Waals surface area contributed by atoms with Gasteiger partial charge in [-0.3, -0.25) is 9.69 Å². The van der Waals surface area contributed by atoms with Crippen molar-refractivity contribution in [1.82, 2.24) is 19.8 Å². The number of carbonyl (C=O) groups excluding carboxylic acids is 1. The van der Waals surface area contributed by atoms with Gasteiger partial charge in [-0.15, -0.1) is 0 Å². The van der Waals surface area contributed by atoms with Crippen LogP contribution in [-0.4, -0.2) is 64.1 Å². The van der Waals surface area contributed by atoms with Gasteiger partial charge < -0.3 is 15.4 Å². The SMILES string of the molecule is CC.Nc1cc(CN2CCC(OC3CCN(C(=O)c4ccnc(F)c4)CC3)CC2)ccn1. The van der Waals surface area contributed by atoms with E-state index in [0.29, 0.717) is 24.5 Å². The monoisotopic (exact) mass is 443 g/mol. The fourth-order valence-electron chi connectivity index (χ4n) is 4.24. The number of rotatable bonds is 5. The average Bonchev–Trinajstić information content (AvgIpc) is 2.82. The molecule has 0 radical (unpaired) electrons. The van der Waals surface area contributed by atoms with Crippen LogP contribution in [0.25, 0.3) is 0 Å². The van der Waals surface area contributed by atoms with Gasteiger partial charge in [0.15, 0.2) is 0 Å². The fourth-order valence-corrected chi connectivity index (χ4v) is 4.24. The molecular weight excluding hydrogens is 409 g/mol. The fraction of sp³-hybridized carbons (Fsp3) is 0.542. The zero-order valence-electron chi connectivity index (χ0n) is 19.0. The molecular formula is C24H34FN5O2. The summed E-state index contributed by atoms with van der Waals surface area (Å²) in [6.07, 6.45) is 7.18. The highest BCUT2D eigenvalue weighted by atomic mass is 19.1. The molecule has 0 aliphatic carbocycles. The second-order valence-corrected chi connectivity index (χ2v) is 8.06. The molecule has 174 valence electrons. The van der Waals surface area contributed by atoms with Crippen molar-refractivity contribution in [3.63, 3.8) is 0 Å². The van der Waals surface area contributed by atoms with Gasteiger partial charge in [-0.05, 0) is 49.4 Å². The van der Waals surface area contributed by atoms with Crippen molar-refractivity contribution in [3.8, 4) is 0 Å². The lowest BCUT2D eigenvalue weighted by Gasteiger charge is -2.37. The number of nitrogens with zero attached hydrogens (tertiary/aromatic N) is 4. The summed E-state index contributed by atoms with van der Waals surface area (Å²) in [5.74, 6) is -0.206. The van der Waals surface area contributed by atoms with Gasteiger partial charge >= 0.3 is 0 Å². The largest absolute Gasteiger partial charge is 0.384 e. The number of carbonyl (C=O) groups is 1. The number of pyridine rings is 2. The quantitative estimate of drug-likeness (QED) is 0.712. The van der Waals surface area contributed by atoms with Gasteiger partial charge in [0.1, 0.15) is 5.82 Å². The minimum absolute atomic E-state index is 0.139. The summed E-state index contributed by atoms with van der Waals surface area (Å²) in [6, 6.07) is 6.69. The molecule has 8 heteroatoms. The zero-order chi connectivity index (χ0) is 22.9. The van der Waals surface area contributed by atoms with Crippen molar-refractivity contribution in [3.05, 3.63) is 53.7 Å². The Morgan fingerprint density at radius 1 is 1.03 bits per heavy atom. The van der Waals surface area contributed by atoms with Crippen LogP contribution in [0.4, 0.5) is 10.2 Å². The van der Waals surface area contributed by atoms with Gasteiger partial charge in [-0.2, -0.15) is 4.39 Å². The van der Waals surface area contributed by atoms with E-state index in [0.717, 1.165) is 45.3 Å². The number of anilines is 1. The van der Waals surface area contributed by atoms with E-state index >= 15 is 0 Å². The second kappa shape index (κ2) is 11.9. The van der Waals surface area contributed by atoms with Crippen molar-refractivity contribution in [2.75, 3.05) is 31.9 Å². The van der Waals surface area contributed by atoms with Gasteiger partial charge in [-0.25, -0.2) is 9.97 Å². The van der Waals surface area contributed by atoms with Gasteiger partial charge in [0.2, 0.25) is 5.95 Å². The standard InChI is InChI=1S/C22H28FN5O2.C2H6/c23-20-14-17(2-8-25-20)22(29)28-11-5-19(6-12-28)30-18-3-9-27(10-4-18)15-16-1-7-26-21(24)13-16;1-2/h1-2,7-8,13-14,18-19H,3-6,9-12,15H2,(H2,24,26);1-2H3. The Labute approximate surface area is 189 Å². The van der Waals surface area contributed by atoms with E-state index in [-0.39, 0.29) is 18.1 Å². The number of ether oxygens (including phenoxy) is 1. The first-order valence-electron chi connectivity index (χ1n) is 11.6. The number of piperidine rings is 2. The number of aromatic nitrogens is 2. The maximum Gasteiger partial charge on any atom is 0.254 e. The third-order valence-electron chi connectivity index (χ3n) is 5.87. The van der Waals surface area contributed by atoms with Crippen LogP contribution in [0.5, 0.6) is 0 Å². The van der Waals surface area contributed by atoms with Crippen molar-refractivity contribution in [2.24, 2.45) is 0 Å². The first kappa shape index (κ1) is 24.1. The zero-order valence-corrected chi connectivity index (χ0v) is 19.0. The number of hydrogen-bond acceptors (Lipinski definition) is 6. The van der Waals surface area contributed by atoms with Crippen LogP contribution < -0.4 is 5.73 Å². The first-order valence-corrected chi connectivity index (χ1v) is 11.6. The molecule has 7 nitrogen and oxygen atoms in total. The van der Waals surface area contributed by atoms with E-state index in [1.165, 1.54) is 17.8 Å². The van der Waals surface area contributed by atoms with E-state index < -0.39 is 5.95 Å². The first-order chi connectivity index (χ1) is 15.6. The number of amides is 1. The Morgan fingerprint density at radius 2 is 1.66 bits per heavy atom. The van der Waals surface area contributed by atoms with Gasteiger partial charge in [0.05, 0.1) is 12.2 Å². The third kappa shape index (κ3) is 6.71. The highest BCUT2D eigenvalue weighted by molar-refractivity contribution is 5.94. The maximum atomic E-state index is 13.3. The van der Waals surface area contributed by atoms with E-state index in [4.69, 9.17) is 10.5 Å². The van der Waals surface area contributed by atoms with Gasteiger partial charge in [0, 0.05) is 56.7 Å². The van der Waals surface area contributed by atoms with Crippen LogP contribution >= 0.6 is 0 Å². The molecule has 0 bridgehead atoms. The minimum atomic E-state index is -0.627. The van der Waals surface area contributed by atoms with Gasteiger partial charge in [-0.1, -0.05) is 13.8 Å². The highest BCUT2D eigenvalue weighted by Gasteiger charge is 2.28. The third-order valence-corrected chi connectivity index (χ3v) is 5.87. The molecule has 2 aliphatic heterocycles. The molecule has 0 atom stereocenters. The summed E-state index contributed by atoms with van der Waals surface area (Å²) in [6.45, 7) is 8.15. The number of nitrogen functional groups attached to an aromatic ring is 1. The number of likely N-dealkylation sites (tertiary alicyclic amines) is 2. The Kier molecular flexibility index (Phi) is 8.93. The molecule has 2 aliphatic rings. The Morgan fingerprint density at radius 3 is 2.28 bits per heavy atom. The van der Waals surface area contributed by atoms with Crippen LogP contribution in [0, 0.1) is 5.95 Å². The molecule has 0 unspecified atom stereocenters. The normalized spacial score (nSPS) is 18.2. The van der Waals surface area contributed by atoms with Crippen molar-refractivity contribution in [2.45, 2.75) is 58.3 Å². The molecule has 1 amide bonds. The van der Waals surface area contributed by atoms with Crippen LogP contribution in [0.1, 0.15) is 55.5 Å². The predicted molar refractivity (Wildman–Crippen MR) is 123 cm³/mol. The lowest BCUT2D eigenvalue weighted by molar-refractivity contribution is -0.0629. The van der Waals surface area contributed by atoms with Crippen molar-refractivity contribution < 1.29 is 13.9 Å². The summed E-state index contributed by atoms with van der Waals surface area (Å²) in [5.41, 5.74) is 7.30. The highest BCUT2D eigenvalue weighted by Crippen LogP contribution is 2.23. The second-order valence-electron chi connectivity index (χ2n) is 8.06. The molecule has 32 heavy (non-hydrogen) atoms. The Hall–Kier alpha value is -2.58. The van der Waals surface area contributed by atoms with E-state index in [1.54, 1.807) is 17.2 Å². The van der Waals surface area contributed by atoms with E-state index in [9.17, 15) is 9.18 Å². The number of hydrogen-bond donors (Lipinski definition) is 1. The number of nitrogens with two attached hydrogens (primary N) is 1. The summed E-state index contributed by atoms with van der Waals surface area (Å²) < 4.78 is 19.6. The lowest BCUT2D eigenvalue weighted by atomic mass is 10.0. The van der Waals surface area contributed by atoms with Crippen LogP contribution in [0.15, 0.2) is 36.7 Å². The van der Waals surface area contributed by atoms with Crippen LogP contribution in [0.2, 0.25) is 0 Å². The van der Waals surface area contributed by atoms with E-state index in [1.807, 2.05) is 26.0 Å². The predicted octanol–water partition coefficient (Wildman–Crippen LogP) is 3.51. The summed E-state index contributed by atoms with van der Waals surface area (Å²) in [4.78, 5) is 24.3. The number of halogens is 1.